The van der Waals surface area contributed by atoms with Gasteiger partial charge in [-0.1, -0.05) is 29.5 Å². The Kier molecular flexibility index (Phi) is 9.52. The van der Waals surface area contributed by atoms with Crippen LogP contribution < -0.4 is 24.4 Å². The van der Waals surface area contributed by atoms with E-state index in [0.717, 1.165) is 11.3 Å². The van der Waals surface area contributed by atoms with E-state index in [2.05, 4.69) is 9.73 Å². The SMILES string of the molecule is CCOC(=O)C1=C(C)N=c2s/c(=C\c3ccc(-c4ccc(C(=O)O)cc4)o3)c(=O)n2[C@@H]1c1ccc(OCC(=O)OC)c(OCC)c1. The molecule has 4 aromatic rings. The van der Waals surface area contributed by atoms with Gasteiger partial charge in [-0.3, -0.25) is 9.36 Å². The Labute approximate surface area is 266 Å². The number of rotatable bonds is 11. The molecule has 0 saturated heterocycles. The molecule has 1 aliphatic heterocycles. The Morgan fingerprint density at radius 2 is 1.78 bits per heavy atom. The summed E-state index contributed by atoms with van der Waals surface area (Å²) in [6, 6.07) is 13.7. The minimum absolute atomic E-state index is 0.122. The van der Waals surface area contributed by atoms with Gasteiger partial charge in [-0.25, -0.2) is 19.4 Å². The third-order valence-corrected chi connectivity index (χ3v) is 7.97. The van der Waals surface area contributed by atoms with E-state index in [1.807, 2.05) is 0 Å². The van der Waals surface area contributed by atoms with E-state index in [1.54, 1.807) is 69.3 Å². The van der Waals surface area contributed by atoms with Crippen LogP contribution in [0.2, 0.25) is 0 Å². The number of allylic oxidation sites excluding steroid dienone is 1. The van der Waals surface area contributed by atoms with Crippen molar-refractivity contribution in [2.45, 2.75) is 26.8 Å². The highest BCUT2D eigenvalue weighted by molar-refractivity contribution is 7.07. The highest BCUT2D eigenvalue weighted by Gasteiger charge is 2.34. The molecule has 0 bridgehead atoms. The maximum atomic E-state index is 14.0. The first-order chi connectivity index (χ1) is 22.1. The molecule has 238 valence electrons. The van der Waals surface area contributed by atoms with E-state index in [1.165, 1.54) is 23.8 Å². The molecule has 5 rings (SSSR count). The second-order valence-corrected chi connectivity index (χ2v) is 10.9. The number of nitrogens with zero attached hydrogens (tertiary/aromatic N) is 2. The molecule has 0 aliphatic carbocycles. The van der Waals surface area contributed by atoms with E-state index in [0.29, 0.717) is 43.4 Å². The lowest BCUT2D eigenvalue weighted by atomic mass is 9.95. The fourth-order valence-electron chi connectivity index (χ4n) is 4.88. The number of carboxylic acid groups (broad SMARTS) is 1. The van der Waals surface area contributed by atoms with Gasteiger partial charge in [0.25, 0.3) is 5.56 Å². The predicted molar refractivity (Wildman–Crippen MR) is 167 cm³/mol. The summed E-state index contributed by atoms with van der Waals surface area (Å²) < 4.78 is 29.1. The molecule has 0 fully saturated rings. The lowest BCUT2D eigenvalue weighted by Crippen LogP contribution is -2.40. The number of methoxy groups -OCH3 is 1. The van der Waals surface area contributed by atoms with Gasteiger partial charge in [-0.05, 0) is 62.7 Å². The van der Waals surface area contributed by atoms with E-state index in [4.69, 9.17) is 23.7 Å². The molecule has 0 unspecified atom stereocenters. The van der Waals surface area contributed by atoms with Crippen molar-refractivity contribution in [2.24, 2.45) is 4.99 Å². The molecule has 1 atom stereocenters. The van der Waals surface area contributed by atoms with Crippen LogP contribution in [0.3, 0.4) is 0 Å². The number of hydrogen-bond donors (Lipinski definition) is 1. The quantitative estimate of drug-likeness (QED) is 0.238. The molecular formula is C33H30N2O10S. The van der Waals surface area contributed by atoms with Crippen LogP contribution in [-0.2, 0) is 19.1 Å². The van der Waals surface area contributed by atoms with E-state index < -0.39 is 29.5 Å². The molecule has 46 heavy (non-hydrogen) atoms. The smallest absolute Gasteiger partial charge is 0.343 e. The number of furan rings is 1. The number of carboxylic acids is 1. The Hall–Kier alpha value is -5.43. The molecule has 12 nitrogen and oxygen atoms in total. The number of carbonyl (C=O) groups is 3. The van der Waals surface area contributed by atoms with E-state index in [9.17, 15) is 19.2 Å². The summed E-state index contributed by atoms with van der Waals surface area (Å²) >= 11 is 1.14. The monoisotopic (exact) mass is 646 g/mol. The molecular weight excluding hydrogens is 616 g/mol. The molecule has 0 spiro atoms. The number of ether oxygens (including phenoxy) is 4. The third kappa shape index (κ3) is 6.49. The average molecular weight is 647 g/mol. The molecule has 0 amide bonds. The van der Waals surface area contributed by atoms with Gasteiger partial charge in [0.2, 0.25) is 0 Å². The number of carbonyl (C=O) groups excluding carboxylic acids is 2. The van der Waals surface area contributed by atoms with Crippen LogP contribution in [0, 0.1) is 0 Å². The summed E-state index contributed by atoms with van der Waals surface area (Å²) in [6.07, 6.45) is 1.59. The van der Waals surface area contributed by atoms with Crippen molar-refractivity contribution in [1.82, 2.24) is 4.57 Å². The topological polar surface area (TPSA) is 156 Å². The van der Waals surface area contributed by atoms with Crippen LogP contribution >= 0.6 is 11.3 Å². The Morgan fingerprint density at radius 1 is 1.02 bits per heavy atom. The van der Waals surface area contributed by atoms with Gasteiger partial charge >= 0.3 is 17.9 Å². The first kappa shape index (κ1) is 32.0. The van der Waals surface area contributed by atoms with Gasteiger partial charge < -0.3 is 28.5 Å². The van der Waals surface area contributed by atoms with Crippen LogP contribution in [0.4, 0.5) is 0 Å². The van der Waals surface area contributed by atoms with Crippen molar-refractivity contribution in [3.05, 3.63) is 102 Å². The third-order valence-electron chi connectivity index (χ3n) is 6.99. The summed E-state index contributed by atoms with van der Waals surface area (Å²) in [4.78, 5) is 55.1. The van der Waals surface area contributed by atoms with Crippen molar-refractivity contribution in [3.8, 4) is 22.8 Å². The van der Waals surface area contributed by atoms with E-state index >= 15 is 0 Å². The van der Waals surface area contributed by atoms with Crippen molar-refractivity contribution >= 4 is 35.3 Å². The summed E-state index contributed by atoms with van der Waals surface area (Å²) in [5, 5.41) is 9.17. The zero-order valence-corrected chi connectivity index (χ0v) is 26.2. The first-order valence-electron chi connectivity index (χ1n) is 14.2. The lowest BCUT2D eigenvalue weighted by molar-refractivity contribution is -0.143. The fraction of sp³-hybridized carbons (Fsp3) is 0.242. The molecule has 0 saturated carbocycles. The van der Waals surface area contributed by atoms with E-state index in [-0.39, 0.29) is 36.7 Å². The fourth-order valence-corrected chi connectivity index (χ4v) is 5.90. The highest BCUT2D eigenvalue weighted by atomic mass is 32.1. The van der Waals surface area contributed by atoms with Gasteiger partial charge in [0.05, 0.1) is 47.7 Å². The van der Waals surface area contributed by atoms with Crippen LogP contribution in [0.25, 0.3) is 17.4 Å². The van der Waals surface area contributed by atoms with Crippen LogP contribution in [0.15, 0.2) is 80.1 Å². The number of thiazole rings is 1. The normalized spacial score (nSPS) is 14.3. The minimum Gasteiger partial charge on any atom is -0.490 e. The van der Waals surface area contributed by atoms with Crippen LogP contribution in [0.5, 0.6) is 11.5 Å². The zero-order valence-electron chi connectivity index (χ0n) is 25.4. The van der Waals surface area contributed by atoms with Gasteiger partial charge in [-0.15, -0.1) is 0 Å². The second kappa shape index (κ2) is 13.7. The summed E-state index contributed by atoms with van der Waals surface area (Å²) in [5.41, 5.74) is 1.53. The predicted octanol–water partition coefficient (Wildman–Crippen LogP) is 3.71. The van der Waals surface area contributed by atoms with Gasteiger partial charge in [0.1, 0.15) is 11.5 Å². The second-order valence-electron chi connectivity index (χ2n) is 9.89. The van der Waals surface area contributed by atoms with Gasteiger partial charge in [0.15, 0.2) is 22.9 Å². The number of esters is 2. The molecule has 3 heterocycles. The summed E-state index contributed by atoms with van der Waals surface area (Å²) in [7, 11) is 1.26. The number of benzene rings is 2. The molecule has 1 N–H and O–H groups in total. The first-order valence-corrected chi connectivity index (χ1v) is 15.1. The van der Waals surface area contributed by atoms with Gasteiger partial charge in [0, 0.05) is 11.6 Å². The molecule has 13 heteroatoms. The number of hydrogen-bond acceptors (Lipinski definition) is 11. The van der Waals surface area contributed by atoms with Crippen molar-refractivity contribution < 1.29 is 42.9 Å². The largest absolute Gasteiger partial charge is 0.490 e. The van der Waals surface area contributed by atoms with Crippen molar-refractivity contribution in [3.63, 3.8) is 0 Å². The standard InChI is InChI=1S/C33H30N2O10S/c1-5-42-25-15-21(11-13-24(25)44-17-27(36)41-4)29-28(32(40)43-6-2)18(3)34-33-35(29)30(37)26(46-33)16-22-12-14-23(45-22)19-7-9-20(10-8-19)31(38)39/h7-16,29H,5-6,17H2,1-4H3,(H,38,39)/b26-16-/t29-/m1/s1. The average Bonchev–Trinajstić information content (AvgIpc) is 3.63. The summed E-state index contributed by atoms with van der Waals surface area (Å²) in [6.45, 7) is 5.24. The minimum atomic E-state index is -1.03. The highest BCUT2D eigenvalue weighted by Crippen LogP contribution is 2.36. The maximum absolute atomic E-state index is 14.0. The Morgan fingerprint density at radius 3 is 2.46 bits per heavy atom. The van der Waals surface area contributed by atoms with Gasteiger partial charge in [-0.2, -0.15) is 0 Å². The Balaban J connectivity index is 1.59. The number of aromatic carboxylic acids is 1. The summed E-state index contributed by atoms with van der Waals surface area (Å²) in [5.74, 6) is -0.730. The molecule has 2 aromatic heterocycles. The molecule has 1 aliphatic rings. The molecule has 2 aromatic carbocycles. The Bertz CT molecular complexity index is 2020. The molecule has 0 radical (unpaired) electrons. The van der Waals surface area contributed by atoms with Crippen LogP contribution in [-0.4, -0.2) is 54.5 Å². The van der Waals surface area contributed by atoms with Crippen LogP contribution in [0.1, 0.15) is 48.5 Å². The van der Waals surface area contributed by atoms with Crippen molar-refractivity contribution in [1.29, 1.82) is 0 Å². The zero-order chi connectivity index (χ0) is 33.0. The lowest BCUT2D eigenvalue weighted by Gasteiger charge is -2.25. The number of fused-ring (bicyclic) bond motifs is 1. The number of aromatic nitrogens is 1. The maximum Gasteiger partial charge on any atom is 0.343 e. The van der Waals surface area contributed by atoms with Crippen molar-refractivity contribution in [2.75, 3.05) is 26.9 Å².